The molecule has 6 nitrogen and oxygen atoms in total. The minimum Gasteiger partial charge on any atom is -0.497 e. The topological polar surface area (TPSA) is 77.4 Å². The first-order valence-corrected chi connectivity index (χ1v) is 9.93. The molecule has 0 saturated carbocycles. The van der Waals surface area contributed by atoms with E-state index in [1.165, 1.54) is 0 Å². The summed E-state index contributed by atoms with van der Waals surface area (Å²) in [7, 11) is 1.62. The van der Waals surface area contributed by atoms with E-state index in [0.29, 0.717) is 19.6 Å². The van der Waals surface area contributed by atoms with E-state index in [9.17, 15) is 10.2 Å². The van der Waals surface area contributed by atoms with Crippen LogP contribution in [0.4, 0.5) is 0 Å². The fraction of sp³-hybridized carbons (Fsp3) is 0.478. The van der Waals surface area contributed by atoms with Crippen LogP contribution in [0.3, 0.4) is 0 Å². The maximum Gasteiger partial charge on any atom is 0.184 e. The molecule has 0 radical (unpaired) electrons. The van der Waals surface area contributed by atoms with Gasteiger partial charge >= 0.3 is 0 Å². The molecular formula is C23H30O6. The molecule has 0 amide bonds. The molecule has 158 valence electrons. The maximum absolute atomic E-state index is 11.0. The Morgan fingerprint density at radius 3 is 2.52 bits per heavy atom. The van der Waals surface area contributed by atoms with Crippen LogP contribution < -0.4 is 4.74 Å². The van der Waals surface area contributed by atoms with Gasteiger partial charge in [0.15, 0.2) is 6.29 Å². The Morgan fingerprint density at radius 2 is 1.86 bits per heavy atom. The van der Waals surface area contributed by atoms with Gasteiger partial charge in [-0.15, -0.1) is 0 Å². The zero-order valence-corrected chi connectivity index (χ0v) is 17.0. The Kier molecular flexibility index (Phi) is 7.64. The molecule has 0 aliphatic carbocycles. The molecule has 4 atom stereocenters. The van der Waals surface area contributed by atoms with E-state index in [0.717, 1.165) is 16.9 Å². The molecule has 1 saturated heterocycles. The third kappa shape index (κ3) is 5.78. The summed E-state index contributed by atoms with van der Waals surface area (Å²) in [6.45, 7) is 2.35. The molecule has 0 aromatic heterocycles. The third-order valence-electron chi connectivity index (χ3n) is 5.20. The van der Waals surface area contributed by atoms with Gasteiger partial charge in [0.1, 0.15) is 11.9 Å². The summed E-state index contributed by atoms with van der Waals surface area (Å²) in [4.78, 5) is 0. The largest absolute Gasteiger partial charge is 0.497 e. The molecule has 29 heavy (non-hydrogen) atoms. The lowest BCUT2D eigenvalue weighted by molar-refractivity contribution is -0.267. The van der Waals surface area contributed by atoms with Crippen LogP contribution in [0.25, 0.3) is 0 Å². The lowest BCUT2D eigenvalue weighted by atomic mass is 9.89. The first-order valence-electron chi connectivity index (χ1n) is 9.93. The molecule has 1 aliphatic heterocycles. The predicted octanol–water partition coefficient (Wildman–Crippen LogP) is 3.22. The molecule has 1 aliphatic rings. The summed E-state index contributed by atoms with van der Waals surface area (Å²) in [6, 6.07) is 17.3. The number of benzene rings is 2. The quantitative estimate of drug-likeness (QED) is 0.671. The van der Waals surface area contributed by atoms with E-state index < -0.39 is 18.0 Å². The number of hydrogen-bond acceptors (Lipinski definition) is 6. The highest BCUT2D eigenvalue weighted by Crippen LogP contribution is 2.33. The van der Waals surface area contributed by atoms with E-state index in [1.807, 2.05) is 54.6 Å². The summed E-state index contributed by atoms with van der Waals surface area (Å²) in [5.74, 6) is 0.774. The third-order valence-corrected chi connectivity index (χ3v) is 5.20. The summed E-state index contributed by atoms with van der Waals surface area (Å²) in [6.07, 6.45) is -0.706. The minimum absolute atomic E-state index is 0.138. The normalized spacial score (nSPS) is 22.6. The number of hydrogen-bond donors (Lipinski definition) is 2. The van der Waals surface area contributed by atoms with Crippen LogP contribution in [-0.4, -0.2) is 48.3 Å². The van der Waals surface area contributed by atoms with Gasteiger partial charge < -0.3 is 29.2 Å². The van der Waals surface area contributed by atoms with Crippen molar-refractivity contribution >= 4 is 0 Å². The Balaban J connectivity index is 1.73. The fourth-order valence-corrected chi connectivity index (χ4v) is 3.53. The van der Waals surface area contributed by atoms with Crippen LogP contribution in [0.2, 0.25) is 0 Å². The fourth-order valence-electron chi connectivity index (χ4n) is 3.53. The standard InChI is InChI=1S/C23H30O6/c1-23(25,13-14-24)21(28-16-17-8-10-19(26-2)11-9-17)20-12-15-27-22(29-20)18-6-4-3-5-7-18/h3-11,20-22,24-25H,12-16H2,1-2H3/t20-,21-,22-,23+/m0/s1. The summed E-state index contributed by atoms with van der Waals surface area (Å²) in [5, 5.41) is 20.4. The molecule has 1 fully saturated rings. The van der Waals surface area contributed by atoms with Crippen LogP contribution in [0.15, 0.2) is 54.6 Å². The molecule has 0 spiro atoms. The van der Waals surface area contributed by atoms with Gasteiger partial charge in [-0.1, -0.05) is 42.5 Å². The molecule has 2 aromatic carbocycles. The average Bonchev–Trinajstić information content (AvgIpc) is 2.75. The van der Waals surface area contributed by atoms with E-state index in [-0.39, 0.29) is 19.1 Å². The second-order valence-corrected chi connectivity index (χ2v) is 7.49. The van der Waals surface area contributed by atoms with E-state index in [1.54, 1.807) is 14.0 Å². The summed E-state index contributed by atoms with van der Waals surface area (Å²) >= 11 is 0. The van der Waals surface area contributed by atoms with Gasteiger partial charge in [-0.25, -0.2) is 0 Å². The highest BCUT2D eigenvalue weighted by Gasteiger charge is 2.42. The van der Waals surface area contributed by atoms with Crippen LogP contribution in [0.1, 0.15) is 37.2 Å². The Morgan fingerprint density at radius 1 is 1.14 bits per heavy atom. The molecular weight excluding hydrogens is 372 g/mol. The van der Waals surface area contributed by atoms with Crippen LogP contribution in [0.5, 0.6) is 5.75 Å². The smallest absolute Gasteiger partial charge is 0.184 e. The minimum atomic E-state index is -1.25. The van der Waals surface area contributed by atoms with Gasteiger partial charge in [-0.2, -0.15) is 0 Å². The van der Waals surface area contributed by atoms with Crippen molar-refractivity contribution in [2.45, 2.75) is 50.5 Å². The molecule has 0 unspecified atom stereocenters. The number of methoxy groups -OCH3 is 1. The molecule has 3 rings (SSSR count). The van der Waals surface area contributed by atoms with E-state index >= 15 is 0 Å². The number of aliphatic hydroxyl groups excluding tert-OH is 1. The highest BCUT2D eigenvalue weighted by atomic mass is 16.7. The van der Waals surface area contributed by atoms with Gasteiger partial charge in [0.05, 0.1) is 32.0 Å². The van der Waals surface area contributed by atoms with Gasteiger partial charge in [0, 0.05) is 18.6 Å². The first kappa shape index (κ1) is 21.7. The lowest BCUT2D eigenvalue weighted by Crippen LogP contribution is -2.52. The SMILES string of the molecule is COc1ccc(CO[C@@H]([C@@H]2CCO[C@H](c3ccccc3)O2)[C@](C)(O)CCO)cc1. The Bertz CT molecular complexity index is 731. The predicted molar refractivity (Wildman–Crippen MR) is 109 cm³/mol. The van der Waals surface area contributed by atoms with E-state index in [2.05, 4.69) is 0 Å². The Labute approximate surface area is 172 Å². The van der Waals surface area contributed by atoms with Crippen LogP contribution in [0, 0.1) is 0 Å². The van der Waals surface area contributed by atoms with Crippen molar-refractivity contribution < 1.29 is 29.2 Å². The maximum atomic E-state index is 11.0. The van der Waals surface area contributed by atoms with Crippen LogP contribution in [-0.2, 0) is 20.8 Å². The number of ether oxygens (including phenoxy) is 4. The van der Waals surface area contributed by atoms with Gasteiger partial charge in [0.2, 0.25) is 0 Å². The molecule has 0 bridgehead atoms. The van der Waals surface area contributed by atoms with E-state index in [4.69, 9.17) is 18.9 Å². The second kappa shape index (κ2) is 10.2. The molecule has 6 heteroatoms. The Hall–Kier alpha value is -1.96. The van der Waals surface area contributed by atoms with Crippen molar-refractivity contribution in [3.05, 3.63) is 65.7 Å². The molecule has 2 N–H and O–H groups in total. The summed E-state index contributed by atoms with van der Waals surface area (Å²) < 4.78 is 23.3. The zero-order valence-electron chi connectivity index (χ0n) is 17.0. The van der Waals surface area contributed by atoms with Crippen LogP contribution >= 0.6 is 0 Å². The molecule has 1 heterocycles. The second-order valence-electron chi connectivity index (χ2n) is 7.49. The van der Waals surface area contributed by atoms with Crippen molar-refractivity contribution in [2.75, 3.05) is 20.3 Å². The van der Waals surface area contributed by atoms with Crippen molar-refractivity contribution in [3.63, 3.8) is 0 Å². The number of rotatable bonds is 9. The van der Waals surface area contributed by atoms with Gasteiger partial charge in [-0.3, -0.25) is 0 Å². The molecule has 2 aromatic rings. The first-order chi connectivity index (χ1) is 14.0. The average molecular weight is 402 g/mol. The van der Waals surface area contributed by atoms with Crippen molar-refractivity contribution in [1.29, 1.82) is 0 Å². The lowest BCUT2D eigenvalue weighted by Gasteiger charge is -2.41. The monoisotopic (exact) mass is 402 g/mol. The highest BCUT2D eigenvalue weighted by molar-refractivity contribution is 5.26. The zero-order chi connectivity index (χ0) is 20.7. The summed E-state index contributed by atoms with van der Waals surface area (Å²) in [5.41, 5.74) is 0.639. The van der Waals surface area contributed by atoms with Crippen molar-refractivity contribution in [1.82, 2.24) is 0 Å². The number of aliphatic hydroxyl groups is 2. The van der Waals surface area contributed by atoms with Gasteiger partial charge in [-0.05, 0) is 31.0 Å². The van der Waals surface area contributed by atoms with Crippen molar-refractivity contribution in [2.24, 2.45) is 0 Å². The van der Waals surface area contributed by atoms with Crippen molar-refractivity contribution in [3.8, 4) is 5.75 Å². The van der Waals surface area contributed by atoms with Gasteiger partial charge in [0.25, 0.3) is 0 Å².